The lowest BCUT2D eigenvalue weighted by atomic mass is 10.2. The van der Waals surface area contributed by atoms with Crippen molar-refractivity contribution in [3.63, 3.8) is 0 Å². The maximum atomic E-state index is 3.90. The Kier molecular flexibility index (Phi) is 8.71. The smallest absolute Gasteiger partial charge is 0.127 e. The van der Waals surface area contributed by atoms with E-state index in [1.807, 2.05) is 6.08 Å². The van der Waals surface area contributed by atoms with Crippen molar-refractivity contribution in [3.05, 3.63) is 23.4 Å². The third-order valence-electron chi connectivity index (χ3n) is 2.86. The molecule has 0 amide bonds. The highest BCUT2D eigenvalue weighted by molar-refractivity contribution is 6.85. The Morgan fingerprint density at radius 1 is 1.05 bits per heavy atom. The van der Waals surface area contributed by atoms with Crippen molar-refractivity contribution in [2.24, 2.45) is 0 Å². The molecule has 0 atom stereocenters. The van der Waals surface area contributed by atoms with Gasteiger partial charge in [-0.1, -0.05) is 76.5 Å². The fourth-order valence-electron chi connectivity index (χ4n) is 1.75. The number of rotatable bonds is 5. The molecule has 116 valence electrons. The molecule has 2 heteroatoms. The van der Waals surface area contributed by atoms with Crippen LogP contribution in [0.3, 0.4) is 0 Å². The van der Waals surface area contributed by atoms with E-state index in [1.165, 1.54) is 23.6 Å². The van der Waals surface area contributed by atoms with Gasteiger partial charge in [0.15, 0.2) is 0 Å². The first-order valence-electron chi connectivity index (χ1n) is 7.98. The SMILES string of the molecule is C=CCC(C#C[Si](C)(C)C)=C(C#CCCCC)[Si](C)(C)C. The van der Waals surface area contributed by atoms with Gasteiger partial charge in [0.25, 0.3) is 0 Å². The molecule has 0 aliphatic heterocycles. The van der Waals surface area contributed by atoms with Gasteiger partial charge in [-0.15, -0.1) is 12.1 Å². The minimum atomic E-state index is -1.47. The van der Waals surface area contributed by atoms with Crippen molar-refractivity contribution in [2.75, 3.05) is 0 Å². The van der Waals surface area contributed by atoms with E-state index in [0.717, 1.165) is 12.8 Å². The fraction of sp³-hybridized carbons (Fsp3) is 0.579. The van der Waals surface area contributed by atoms with E-state index in [0.29, 0.717) is 0 Å². The molecule has 0 aliphatic carbocycles. The summed E-state index contributed by atoms with van der Waals surface area (Å²) in [6, 6.07) is 0. The highest BCUT2D eigenvalue weighted by Crippen LogP contribution is 2.20. The molecule has 0 radical (unpaired) electrons. The minimum absolute atomic E-state index is 0.847. The van der Waals surface area contributed by atoms with Crippen molar-refractivity contribution in [2.45, 2.75) is 71.9 Å². The molecule has 0 saturated carbocycles. The van der Waals surface area contributed by atoms with Crippen LogP contribution in [-0.4, -0.2) is 16.1 Å². The molecule has 21 heavy (non-hydrogen) atoms. The quantitative estimate of drug-likeness (QED) is 0.260. The van der Waals surface area contributed by atoms with Gasteiger partial charge in [0.1, 0.15) is 8.07 Å². The summed E-state index contributed by atoms with van der Waals surface area (Å²) in [5.41, 5.74) is 4.72. The minimum Gasteiger partial charge on any atom is -0.127 e. The van der Waals surface area contributed by atoms with Gasteiger partial charge in [-0.3, -0.25) is 0 Å². The predicted octanol–water partition coefficient (Wildman–Crippen LogP) is 5.81. The molecule has 0 heterocycles. The molecule has 0 spiro atoms. The van der Waals surface area contributed by atoms with E-state index >= 15 is 0 Å². The average molecular weight is 317 g/mol. The van der Waals surface area contributed by atoms with Crippen LogP contribution in [0, 0.1) is 23.3 Å². The molecule has 0 saturated heterocycles. The monoisotopic (exact) mass is 316 g/mol. The highest BCUT2D eigenvalue weighted by atomic mass is 28.3. The van der Waals surface area contributed by atoms with Crippen molar-refractivity contribution >= 4 is 16.1 Å². The lowest BCUT2D eigenvalue weighted by molar-refractivity contribution is 0.828. The van der Waals surface area contributed by atoms with Crippen LogP contribution in [0.25, 0.3) is 0 Å². The molecule has 0 N–H and O–H groups in total. The van der Waals surface area contributed by atoms with Crippen LogP contribution in [0.15, 0.2) is 23.4 Å². The summed E-state index contributed by atoms with van der Waals surface area (Å²) in [7, 11) is -2.83. The summed E-state index contributed by atoms with van der Waals surface area (Å²) in [5.74, 6) is 10.3. The molecule has 0 aliphatic rings. The number of hydrogen-bond donors (Lipinski definition) is 0. The molecule has 0 aromatic carbocycles. The number of hydrogen-bond acceptors (Lipinski definition) is 0. The van der Waals surface area contributed by atoms with Crippen molar-refractivity contribution in [1.82, 2.24) is 0 Å². The van der Waals surface area contributed by atoms with Gasteiger partial charge >= 0.3 is 0 Å². The number of allylic oxidation sites excluding steroid dienone is 3. The summed E-state index contributed by atoms with van der Waals surface area (Å²) in [4.78, 5) is 0. The molecule has 0 rings (SSSR count). The van der Waals surface area contributed by atoms with Gasteiger partial charge < -0.3 is 0 Å². The highest BCUT2D eigenvalue weighted by Gasteiger charge is 2.21. The lowest BCUT2D eigenvalue weighted by Crippen LogP contribution is -2.25. The van der Waals surface area contributed by atoms with Gasteiger partial charge in [0, 0.05) is 12.0 Å². The second-order valence-corrected chi connectivity index (χ2v) is 17.3. The average Bonchev–Trinajstić information content (AvgIpc) is 2.32. The molecular formula is C19H32Si2. The van der Waals surface area contributed by atoms with Crippen LogP contribution in [0.5, 0.6) is 0 Å². The molecule has 0 fully saturated rings. The lowest BCUT2D eigenvalue weighted by Gasteiger charge is -2.18. The van der Waals surface area contributed by atoms with Gasteiger partial charge in [0.2, 0.25) is 0 Å². The fourth-order valence-corrected chi connectivity index (χ4v) is 3.81. The van der Waals surface area contributed by atoms with E-state index in [9.17, 15) is 0 Å². The summed E-state index contributed by atoms with van der Waals surface area (Å²) >= 11 is 0. The van der Waals surface area contributed by atoms with E-state index in [2.05, 4.69) is 76.1 Å². The van der Waals surface area contributed by atoms with Crippen LogP contribution >= 0.6 is 0 Å². The molecular weight excluding hydrogens is 284 g/mol. The summed E-state index contributed by atoms with van der Waals surface area (Å²) in [6.07, 6.45) is 6.19. The van der Waals surface area contributed by atoms with Crippen molar-refractivity contribution in [3.8, 4) is 23.3 Å². The van der Waals surface area contributed by atoms with Crippen molar-refractivity contribution in [1.29, 1.82) is 0 Å². The number of unbranched alkanes of at least 4 members (excludes halogenated alkanes) is 2. The zero-order valence-corrected chi connectivity index (χ0v) is 17.1. The van der Waals surface area contributed by atoms with E-state index in [-0.39, 0.29) is 0 Å². The van der Waals surface area contributed by atoms with Crippen LogP contribution in [0.1, 0.15) is 32.6 Å². The first-order chi connectivity index (χ1) is 9.61. The van der Waals surface area contributed by atoms with Crippen LogP contribution in [0.4, 0.5) is 0 Å². The summed E-state index contributed by atoms with van der Waals surface area (Å²) < 4.78 is 0. The molecule has 0 bridgehead atoms. The van der Waals surface area contributed by atoms with Crippen molar-refractivity contribution < 1.29 is 0 Å². The Hall–Kier alpha value is -0.966. The van der Waals surface area contributed by atoms with Gasteiger partial charge in [0.05, 0.1) is 8.07 Å². The Balaban J connectivity index is 5.74. The zero-order valence-electron chi connectivity index (χ0n) is 15.1. The van der Waals surface area contributed by atoms with Crippen LogP contribution in [-0.2, 0) is 0 Å². The Labute approximate surface area is 135 Å². The van der Waals surface area contributed by atoms with Gasteiger partial charge in [-0.25, -0.2) is 0 Å². The third-order valence-corrected chi connectivity index (χ3v) is 5.66. The van der Waals surface area contributed by atoms with Gasteiger partial charge in [-0.05, 0) is 18.0 Å². The second kappa shape index (κ2) is 9.13. The topological polar surface area (TPSA) is 0 Å². The molecule has 0 nitrogen and oxygen atoms in total. The normalized spacial score (nSPS) is 12.5. The first-order valence-corrected chi connectivity index (χ1v) is 15.0. The van der Waals surface area contributed by atoms with Gasteiger partial charge in [-0.2, -0.15) is 0 Å². The van der Waals surface area contributed by atoms with Crippen LogP contribution < -0.4 is 0 Å². The molecule has 0 aromatic heterocycles. The third kappa shape index (κ3) is 9.56. The Bertz CT molecular complexity index is 488. The predicted molar refractivity (Wildman–Crippen MR) is 104 cm³/mol. The maximum absolute atomic E-state index is 3.90. The standard InChI is InChI=1S/C19H32Si2/c1-9-11-12-13-15-19(21(6,7)8)18(14-10-2)16-17-20(3,4)5/h10H,2,9,11-12,14H2,1,3-8H3. The second-order valence-electron chi connectivity index (χ2n) is 7.50. The van der Waals surface area contributed by atoms with E-state index in [4.69, 9.17) is 0 Å². The molecule has 0 unspecified atom stereocenters. The zero-order chi connectivity index (χ0) is 16.5. The maximum Gasteiger partial charge on any atom is 0.129 e. The van der Waals surface area contributed by atoms with E-state index in [1.54, 1.807) is 0 Å². The summed E-state index contributed by atoms with van der Waals surface area (Å²) in [5, 5.41) is 1.32. The Morgan fingerprint density at radius 2 is 1.67 bits per heavy atom. The van der Waals surface area contributed by atoms with Crippen LogP contribution in [0.2, 0.25) is 39.3 Å². The summed E-state index contributed by atoms with van der Waals surface area (Å²) in [6.45, 7) is 20.0. The largest absolute Gasteiger partial charge is 0.129 e. The van der Waals surface area contributed by atoms with E-state index < -0.39 is 16.1 Å². The Morgan fingerprint density at radius 3 is 2.10 bits per heavy atom. The first kappa shape index (κ1) is 20.0. The molecule has 0 aromatic rings.